The summed E-state index contributed by atoms with van der Waals surface area (Å²) in [4.78, 5) is 16.2. The van der Waals surface area contributed by atoms with Crippen LogP contribution in [0.5, 0.6) is 5.75 Å². The van der Waals surface area contributed by atoms with Gasteiger partial charge in [-0.3, -0.25) is 4.79 Å². The maximum atomic E-state index is 12.5. The van der Waals surface area contributed by atoms with E-state index in [4.69, 9.17) is 16.3 Å². The molecular weight excluding hydrogens is 282 g/mol. The van der Waals surface area contributed by atoms with Crippen molar-refractivity contribution in [2.75, 3.05) is 7.11 Å². The number of benzene rings is 1. The third-order valence-corrected chi connectivity index (χ3v) is 4.07. The lowest BCUT2D eigenvalue weighted by Crippen LogP contribution is -1.97. The van der Waals surface area contributed by atoms with E-state index in [0.717, 1.165) is 10.9 Å². The number of halogens is 1. The minimum Gasteiger partial charge on any atom is -0.496 e. The van der Waals surface area contributed by atoms with Gasteiger partial charge in [0, 0.05) is 39.1 Å². The molecule has 0 unspecified atom stereocenters. The molecule has 19 heavy (non-hydrogen) atoms. The van der Waals surface area contributed by atoms with E-state index in [-0.39, 0.29) is 5.78 Å². The van der Waals surface area contributed by atoms with Gasteiger partial charge >= 0.3 is 0 Å². The zero-order valence-electron chi connectivity index (χ0n) is 10.1. The Morgan fingerprint density at radius 2 is 2.21 bits per heavy atom. The topological polar surface area (TPSA) is 42.1 Å². The SMILES string of the molecule is COc1csc(C(=O)c2c[nH]c3ccc(Cl)cc23)c1. The van der Waals surface area contributed by atoms with Gasteiger partial charge in [-0.05, 0) is 18.2 Å². The number of fused-ring (bicyclic) bond motifs is 1. The molecule has 0 saturated heterocycles. The van der Waals surface area contributed by atoms with E-state index in [1.165, 1.54) is 11.3 Å². The van der Waals surface area contributed by atoms with E-state index >= 15 is 0 Å². The van der Waals surface area contributed by atoms with Crippen molar-refractivity contribution in [1.82, 2.24) is 4.98 Å². The minimum absolute atomic E-state index is 0.0261. The Morgan fingerprint density at radius 1 is 1.37 bits per heavy atom. The standard InChI is InChI=1S/C14H10ClNO2S/c1-18-9-5-13(19-7-9)14(17)11-6-16-12-3-2-8(15)4-10(11)12/h2-7,16H,1H3. The Bertz CT molecular complexity index is 760. The van der Waals surface area contributed by atoms with Crippen LogP contribution < -0.4 is 4.74 Å². The van der Waals surface area contributed by atoms with Crippen LogP contribution in [0.2, 0.25) is 5.02 Å². The fraction of sp³-hybridized carbons (Fsp3) is 0.0714. The predicted octanol–water partition coefficient (Wildman–Crippen LogP) is 4.12. The summed E-state index contributed by atoms with van der Waals surface area (Å²) in [6, 6.07) is 7.20. The minimum atomic E-state index is -0.0261. The van der Waals surface area contributed by atoms with E-state index in [1.54, 1.807) is 31.5 Å². The normalized spacial score (nSPS) is 10.8. The first-order valence-electron chi connectivity index (χ1n) is 5.63. The van der Waals surface area contributed by atoms with Crippen LogP contribution in [0.4, 0.5) is 0 Å². The second-order valence-corrected chi connectivity index (χ2v) is 5.42. The average molecular weight is 292 g/mol. The largest absolute Gasteiger partial charge is 0.496 e. The van der Waals surface area contributed by atoms with Crippen LogP contribution in [0, 0.1) is 0 Å². The second-order valence-electron chi connectivity index (χ2n) is 4.07. The lowest BCUT2D eigenvalue weighted by atomic mass is 10.1. The molecule has 0 aliphatic carbocycles. The molecule has 0 atom stereocenters. The van der Waals surface area contributed by atoms with Crippen LogP contribution in [0.15, 0.2) is 35.8 Å². The van der Waals surface area contributed by atoms with Gasteiger partial charge in [-0.1, -0.05) is 11.6 Å². The Labute approximate surface area is 118 Å². The predicted molar refractivity (Wildman–Crippen MR) is 77.6 cm³/mol. The number of methoxy groups -OCH3 is 1. The van der Waals surface area contributed by atoms with Gasteiger partial charge in [0.2, 0.25) is 5.78 Å². The lowest BCUT2D eigenvalue weighted by molar-refractivity contribution is 0.104. The number of nitrogens with one attached hydrogen (secondary N) is 1. The monoisotopic (exact) mass is 291 g/mol. The Hall–Kier alpha value is -1.78. The quantitative estimate of drug-likeness (QED) is 0.738. The van der Waals surface area contributed by atoms with E-state index in [2.05, 4.69) is 4.98 Å². The number of ether oxygens (including phenoxy) is 1. The molecule has 5 heteroatoms. The smallest absolute Gasteiger partial charge is 0.205 e. The molecule has 1 N–H and O–H groups in total. The maximum absolute atomic E-state index is 12.5. The molecule has 96 valence electrons. The summed E-state index contributed by atoms with van der Waals surface area (Å²) < 4.78 is 5.10. The van der Waals surface area contributed by atoms with Gasteiger partial charge in [0.15, 0.2) is 0 Å². The van der Waals surface area contributed by atoms with Gasteiger partial charge in [-0.2, -0.15) is 0 Å². The molecule has 0 fully saturated rings. The van der Waals surface area contributed by atoms with E-state index in [0.29, 0.717) is 21.2 Å². The van der Waals surface area contributed by atoms with Crippen molar-refractivity contribution >= 4 is 39.6 Å². The molecule has 0 aliphatic rings. The van der Waals surface area contributed by atoms with Gasteiger partial charge in [-0.25, -0.2) is 0 Å². The summed E-state index contributed by atoms with van der Waals surface area (Å²) in [5, 5.41) is 3.27. The third kappa shape index (κ3) is 2.13. The van der Waals surface area contributed by atoms with Crippen LogP contribution in [0.3, 0.4) is 0 Å². The number of rotatable bonds is 3. The first kappa shape index (κ1) is 12.3. The van der Waals surface area contributed by atoms with Gasteiger partial charge in [0.25, 0.3) is 0 Å². The number of H-pyrrole nitrogens is 1. The van der Waals surface area contributed by atoms with Crippen molar-refractivity contribution < 1.29 is 9.53 Å². The zero-order valence-corrected chi connectivity index (χ0v) is 11.6. The van der Waals surface area contributed by atoms with Crippen LogP contribution >= 0.6 is 22.9 Å². The number of thiophene rings is 1. The molecule has 0 spiro atoms. The molecule has 2 heterocycles. The average Bonchev–Trinajstić information content (AvgIpc) is 3.04. The van der Waals surface area contributed by atoms with Gasteiger partial charge < -0.3 is 9.72 Å². The summed E-state index contributed by atoms with van der Waals surface area (Å²) in [6.07, 6.45) is 1.72. The number of hydrogen-bond acceptors (Lipinski definition) is 3. The molecule has 0 radical (unpaired) electrons. The molecule has 3 rings (SSSR count). The van der Waals surface area contributed by atoms with Crippen LogP contribution in [-0.2, 0) is 0 Å². The fourth-order valence-corrected chi connectivity index (χ4v) is 2.94. The highest BCUT2D eigenvalue weighted by Crippen LogP contribution is 2.28. The number of carbonyl (C=O) groups excluding carboxylic acids is 1. The van der Waals surface area contributed by atoms with Crippen molar-refractivity contribution in [3.05, 3.63) is 51.3 Å². The Balaban J connectivity index is 2.08. The molecule has 1 aromatic carbocycles. The summed E-state index contributed by atoms with van der Waals surface area (Å²) in [5.74, 6) is 0.674. The third-order valence-electron chi connectivity index (χ3n) is 2.92. The lowest BCUT2D eigenvalue weighted by Gasteiger charge is -1.97. The molecule has 0 saturated carbocycles. The van der Waals surface area contributed by atoms with Crippen molar-refractivity contribution in [3.63, 3.8) is 0 Å². The fourth-order valence-electron chi connectivity index (χ4n) is 1.96. The summed E-state index contributed by atoms with van der Waals surface area (Å²) in [5.41, 5.74) is 1.53. The molecule has 0 bridgehead atoms. The number of hydrogen-bond donors (Lipinski definition) is 1. The zero-order chi connectivity index (χ0) is 13.4. The van der Waals surface area contributed by atoms with Crippen molar-refractivity contribution in [2.45, 2.75) is 0 Å². The molecule has 3 nitrogen and oxygen atoms in total. The highest BCUT2D eigenvalue weighted by molar-refractivity contribution is 7.12. The van der Waals surface area contributed by atoms with Crippen molar-refractivity contribution in [2.24, 2.45) is 0 Å². The molecule has 0 amide bonds. The number of ketones is 1. The molecule has 3 aromatic rings. The molecule has 0 aliphatic heterocycles. The number of carbonyl (C=O) groups is 1. The van der Waals surface area contributed by atoms with Crippen LogP contribution in [-0.4, -0.2) is 17.9 Å². The van der Waals surface area contributed by atoms with Gasteiger partial charge in [0.1, 0.15) is 5.75 Å². The van der Waals surface area contributed by atoms with Gasteiger partial charge in [-0.15, -0.1) is 11.3 Å². The first-order valence-corrected chi connectivity index (χ1v) is 6.88. The highest BCUT2D eigenvalue weighted by atomic mass is 35.5. The summed E-state index contributed by atoms with van der Waals surface area (Å²) in [6.45, 7) is 0. The van der Waals surface area contributed by atoms with E-state index < -0.39 is 0 Å². The van der Waals surface area contributed by atoms with E-state index in [1.807, 2.05) is 11.4 Å². The first-order chi connectivity index (χ1) is 9.19. The number of aromatic amines is 1. The van der Waals surface area contributed by atoms with Gasteiger partial charge in [0.05, 0.1) is 12.0 Å². The number of aromatic nitrogens is 1. The van der Waals surface area contributed by atoms with E-state index in [9.17, 15) is 4.79 Å². The molecule has 2 aromatic heterocycles. The highest BCUT2D eigenvalue weighted by Gasteiger charge is 2.16. The van der Waals surface area contributed by atoms with Crippen molar-refractivity contribution in [1.29, 1.82) is 0 Å². The molecular formula is C14H10ClNO2S. The summed E-state index contributed by atoms with van der Waals surface area (Å²) >= 11 is 7.35. The Morgan fingerprint density at radius 3 is 2.95 bits per heavy atom. The van der Waals surface area contributed by atoms with Crippen molar-refractivity contribution in [3.8, 4) is 5.75 Å². The second kappa shape index (κ2) is 4.72. The van der Waals surface area contributed by atoms with Crippen LogP contribution in [0.1, 0.15) is 15.2 Å². The van der Waals surface area contributed by atoms with Crippen LogP contribution in [0.25, 0.3) is 10.9 Å². The summed E-state index contributed by atoms with van der Waals surface area (Å²) in [7, 11) is 1.59. The Kier molecular flexibility index (Phi) is 3.05. The maximum Gasteiger partial charge on any atom is 0.205 e.